The molecule has 3 amide bonds. The lowest BCUT2D eigenvalue weighted by Crippen LogP contribution is -2.41. The predicted molar refractivity (Wildman–Crippen MR) is 98.0 cm³/mol. The molecule has 0 bridgehead atoms. The summed E-state index contributed by atoms with van der Waals surface area (Å²) in [5.41, 5.74) is 5.85. The van der Waals surface area contributed by atoms with Crippen LogP contribution in [-0.4, -0.2) is 40.2 Å². The second-order valence-corrected chi connectivity index (χ2v) is 6.29. The van der Waals surface area contributed by atoms with Crippen molar-refractivity contribution in [1.29, 1.82) is 0 Å². The highest BCUT2D eigenvalue weighted by atomic mass is 35.5. The van der Waals surface area contributed by atoms with Gasteiger partial charge in [-0.15, -0.1) is 0 Å². The Balaban J connectivity index is 1.86. The molecule has 0 aliphatic rings. The first-order valence-corrected chi connectivity index (χ1v) is 8.54. The molecule has 1 unspecified atom stereocenters. The van der Waals surface area contributed by atoms with Crippen LogP contribution in [0.4, 0.5) is 4.79 Å². The normalized spacial score (nSPS) is 11.9. The summed E-state index contributed by atoms with van der Waals surface area (Å²) < 4.78 is 1.90. The van der Waals surface area contributed by atoms with Crippen LogP contribution in [0.3, 0.4) is 0 Å². The molecule has 9 heteroatoms. The molecule has 1 aromatic carbocycles. The monoisotopic (exact) mass is 380 g/mol. The van der Waals surface area contributed by atoms with Crippen molar-refractivity contribution in [2.45, 2.75) is 31.8 Å². The van der Waals surface area contributed by atoms with Crippen LogP contribution in [0.5, 0.6) is 0 Å². The third-order valence-electron chi connectivity index (χ3n) is 3.92. The van der Waals surface area contributed by atoms with Crippen molar-refractivity contribution in [3.05, 3.63) is 35.5 Å². The van der Waals surface area contributed by atoms with Gasteiger partial charge in [0.25, 0.3) is 0 Å². The van der Waals surface area contributed by atoms with E-state index in [1.807, 2.05) is 29.0 Å². The van der Waals surface area contributed by atoms with Crippen molar-refractivity contribution >= 4 is 40.4 Å². The number of carboxylic acids is 1. The van der Waals surface area contributed by atoms with Crippen molar-refractivity contribution in [2.24, 2.45) is 5.73 Å². The van der Waals surface area contributed by atoms with Crippen LogP contribution < -0.4 is 16.4 Å². The van der Waals surface area contributed by atoms with Crippen LogP contribution in [0.25, 0.3) is 10.9 Å². The number of aliphatic carboxylic acids is 1. The van der Waals surface area contributed by atoms with E-state index in [1.54, 1.807) is 6.07 Å². The molecule has 140 valence electrons. The number of nitrogens with zero attached hydrogens (tertiary/aromatic N) is 1. The van der Waals surface area contributed by atoms with E-state index in [0.29, 0.717) is 18.0 Å². The van der Waals surface area contributed by atoms with E-state index in [4.69, 9.17) is 17.3 Å². The lowest BCUT2D eigenvalue weighted by molar-refractivity contribution is -0.142. The summed E-state index contributed by atoms with van der Waals surface area (Å²) in [4.78, 5) is 33.9. The first-order chi connectivity index (χ1) is 12.4. The number of aryl methyl sites for hydroxylation is 1. The van der Waals surface area contributed by atoms with Crippen LogP contribution in [0.15, 0.2) is 30.5 Å². The van der Waals surface area contributed by atoms with Crippen LogP contribution in [-0.2, 0) is 16.1 Å². The number of carbonyl (C=O) groups is 3. The number of carboxylic acid groups (broad SMARTS) is 1. The van der Waals surface area contributed by atoms with E-state index in [2.05, 4.69) is 10.6 Å². The summed E-state index contributed by atoms with van der Waals surface area (Å²) in [7, 11) is 0. The van der Waals surface area contributed by atoms with E-state index in [1.165, 1.54) is 0 Å². The molecule has 0 saturated heterocycles. The molecule has 0 aliphatic carbocycles. The van der Waals surface area contributed by atoms with Gasteiger partial charge in [0.15, 0.2) is 0 Å². The van der Waals surface area contributed by atoms with Gasteiger partial charge in [0.1, 0.15) is 6.04 Å². The van der Waals surface area contributed by atoms with Gasteiger partial charge in [0.2, 0.25) is 5.91 Å². The Kier molecular flexibility index (Phi) is 6.85. The van der Waals surface area contributed by atoms with Crippen molar-refractivity contribution in [2.75, 3.05) is 6.54 Å². The van der Waals surface area contributed by atoms with E-state index in [9.17, 15) is 19.5 Å². The molecular weight excluding hydrogens is 360 g/mol. The number of fused-ring (bicyclic) bond motifs is 1. The molecular formula is C17H21ClN4O4. The highest BCUT2D eigenvalue weighted by Crippen LogP contribution is 2.20. The first kappa shape index (κ1) is 19.6. The quantitative estimate of drug-likeness (QED) is 0.494. The van der Waals surface area contributed by atoms with E-state index < -0.39 is 18.0 Å². The highest BCUT2D eigenvalue weighted by molar-refractivity contribution is 6.31. The Hall–Kier alpha value is -2.74. The average molecular weight is 381 g/mol. The zero-order valence-electron chi connectivity index (χ0n) is 14.1. The molecule has 0 radical (unpaired) electrons. The van der Waals surface area contributed by atoms with Crippen LogP contribution in [0.1, 0.15) is 19.3 Å². The summed E-state index contributed by atoms with van der Waals surface area (Å²) >= 11 is 6.00. The number of nitrogens with one attached hydrogen (secondary N) is 2. The zero-order valence-corrected chi connectivity index (χ0v) is 14.8. The summed E-state index contributed by atoms with van der Waals surface area (Å²) in [6.45, 7) is 0.663. The molecule has 0 fully saturated rings. The fourth-order valence-electron chi connectivity index (χ4n) is 2.62. The average Bonchev–Trinajstić information content (AvgIpc) is 2.97. The number of primary amides is 1. The standard InChI is InChI=1S/C17H21ClN4O4/c18-12-4-3-11-5-8-22(14(11)10-12)9-6-15(23)21-13(16(24)25)2-1-7-20-17(19)26/h3-5,8,10,13H,1-2,6-7,9H2,(H,21,23)(H,24,25)(H3,19,20,26). The number of benzene rings is 1. The van der Waals surface area contributed by atoms with Gasteiger partial charge in [-0.2, -0.15) is 0 Å². The third-order valence-corrected chi connectivity index (χ3v) is 4.15. The zero-order chi connectivity index (χ0) is 19.1. The number of aromatic nitrogens is 1. The summed E-state index contributed by atoms with van der Waals surface area (Å²) in [6.07, 6.45) is 2.59. The largest absolute Gasteiger partial charge is 0.480 e. The van der Waals surface area contributed by atoms with Crippen molar-refractivity contribution in [1.82, 2.24) is 15.2 Å². The molecule has 5 N–H and O–H groups in total. The molecule has 1 aromatic heterocycles. The molecule has 26 heavy (non-hydrogen) atoms. The summed E-state index contributed by atoms with van der Waals surface area (Å²) in [5.74, 6) is -1.47. The lowest BCUT2D eigenvalue weighted by Gasteiger charge is -2.15. The van der Waals surface area contributed by atoms with Gasteiger partial charge in [-0.05, 0) is 36.4 Å². The van der Waals surface area contributed by atoms with Gasteiger partial charge in [-0.3, -0.25) is 4.79 Å². The minimum Gasteiger partial charge on any atom is -0.480 e. The molecule has 2 aromatic rings. The minimum absolute atomic E-state index is 0.139. The highest BCUT2D eigenvalue weighted by Gasteiger charge is 2.19. The second-order valence-electron chi connectivity index (χ2n) is 5.85. The molecule has 2 rings (SSSR count). The van der Waals surface area contributed by atoms with Gasteiger partial charge in [0.05, 0.1) is 0 Å². The minimum atomic E-state index is -1.12. The maximum Gasteiger partial charge on any atom is 0.326 e. The van der Waals surface area contributed by atoms with Crippen LogP contribution in [0, 0.1) is 0 Å². The van der Waals surface area contributed by atoms with E-state index in [-0.39, 0.29) is 25.3 Å². The van der Waals surface area contributed by atoms with Crippen LogP contribution >= 0.6 is 11.6 Å². The maximum atomic E-state index is 12.1. The number of hydrogen-bond donors (Lipinski definition) is 4. The molecule has 0 spiro atoms. The Morgan fingerprint density at radius 1 is 1.27 bits per heavy atom. The Bertz CT molecular complexity index is 805. The summed E-state index contributed by atoms with van der Waals surface area (Å²) in [5, 5.41) is 15.7. The molecule has 0 saturated carbocycles. The van der Waals surface area contributed by atoms with Crippen molar-refractivity contribution in [3.8, 4) is 0 Å². The van der Waals surface area contributed by atoms with E-state index >= 15 is 0 Å². The fourth-order valence-corrected chi connectivity index (χ4v) is 2.78. The Morgan fingerprint density at radius 2 is 2.04 bits per heavy atom. The Morgan fingerprint density at radius 3 is 2.73 bits per heavy atom. The summed E-state index contributed by atoms with van der Waals surface area (Å²) in [6, 6.07) is 5.77. The number of halogens is 1. The molecule has 0 aliphatic heterocycles. The SMILES string of the molecule is NC(=O)NCCCC(NC(=O)CCn1ccc2ccc(Cl)cc21)C(=O)O. The number of amides is 3. The number of urea groups is 1. The predicted octanol–water partition coefficient (Wildman–Crippen LogP) is 1.70. The topological polar surface area (TPSA) is 126 Å². The first-order valence-electron chi connectivity index (χ1n) is 8.16. The van der Waals surface area contributed by atoms with Crippen LogP contribution in [0.2, 0.25) is 5.02 Å². The number of carbonyl (C=O) groups excluding carboxylic acids is 2. The van der Waals surface area contributed by atoms with Gasteiger partial charge in [0, 0.05) is 36.2 Å². The third kappa shape index (κ3) is 5.66. The van der Waals surface area contributed by atoms with Gasteiger partial charge < -0.3 is 26.0 Å². The fraction of sp³-hybridized carbons (Fsp3) is 0.353. The van der Waals surface area contributed by atoms with E-state index in [0.717, 1.165) is 10.9 Å². The Labute approximate surface area is 155 Å². The smallest absolute Gasteiger partial charge is 0.326 e. The second kappa shape index (κ2) is 9.10. The maximum absolute atomic E-state index is 12.1. The number of rotatable bonds is 9. The lowest BCUT2D eigenvalue weighted by atomic mass is 10.1. The van der Waals surface area contributed by atoms with Gasteiger partial charge >= 0.3 is 12.0 Å². The molecule has 8 nitrogen and oxygen atoms in total. The van der Waals surface area contributed by atoms with Crippen molar-refractivity contribution < 1.29 is 19.5 Å². The number of nitrogens with two attached hydrogens (primary N) is 1. The number of hydrogen-bond acceptors (Lipinski definition) is 3. The van der Waals surface area contributed by atoms with Crippen molar-refractivity contribution in [3.63, 3.8) is 0 Å². The molecule has 1 heterocycles. The van der Waals surface area contributed by atoms with Gasteiger partial charge in [-0.25, -0.2) is 9.59 Å². The van der Waals surface area contributed by atoms with Gasteiger partial charge in [-0.1, -0.05) is 17.7 Å². The molecule has 1 atom stereocenters.